The van der Waals surface area contributed by atoms with Crippen LogP contribution in [0.1, 0.15) is 31.2 Å². The van der Waals surface area contributed by atoms with Gasteiger partial charge in [-0.2, -0.15) is 0 Å². The smallest absolute Gasteiger partial charge is 0.222 e. The number of benzene rings is 1. The molecule has 0 aliphatic carbocycles. The number of carbonyl (C=O) groups excluding carboxylic acids is 1. The molecule has 3 nitrogen and oxygen atoms in total. The molecule has 0 bridgehead atoms. The van der Waals surface area contributed by atoms with Crippen molar-refractivity contribution in [2.24, 2.45) is 0 Å². The van der Waals surface area contributed by atoms with Crippen LogP contribution in [0.5, 0.6) is 0 Å². The van der Waals surface area contributed by atoms with Gasteiger partial charge in [-0.1, -0.05) is 29.8 Å². The predicted octanol–water partition coefficient (Wildman–Crippen LogP) is 2.87. The molecule has 20 heavy (non-hydrogen) atoms. The molecule has 4 heteroatoms. The highest BCUT2D eigenvalue weighted by Gasteiger charge is 2.28. The Labute approximate surface area is 126 Å². The maximum atomic E-state index is 12.3. The first-order chi connectivity index (χ1) is 9.72. The van der Waals surface area contributed by atoms with Gasteiger partial charge in [0.05, 0.1) is 0 Å². The van der Waals surface area contributed by atoms with Gasteiger partial charge in [0.1, 0.15) is 0 Å². The monoisotopic (exact) mass is 294 g/mol. The van der Waals surface area contributed by atoms with E-state index in [1.807, 2.05) is 25.2 Å². The van der Waals surface area contributed by atoms with Crippen LogP contribution in [0.3, 0.4) is 0 Å². The van der Waals surface area contributed by atoms with Crippen LogP contribution in [0.15, 0.2) is 24.3 Å². The quantitative estimate of drug-likeness (QED) is 0.818. The van der Waals surface area contributed by atoms with Crippen molar-refractivity contribution in [1.29, 1.82) is 0 Å². The number of carbonyl (C=O) groups is 1. The van der Waals surface area contributed by atoms with E-state index in [0.29, 0.717) is 12.5 Å². The number of rotatable bonds is 6. The van der Waals surface area contributed by atoms with Crippen LogP contribution in [0.4, 0.5) is 0 Å². The number of hydrogen-bond acceptors (Lipinski definition) is 2. The number of nitrogens with zero attached hydrogens (tertiary/aromatic N) is 1. The minimum atomic E-state index is 0.287. The van der Waals surface area contributed by atoms with Gasteiger partial charge in [-0.05, 0) is 50.9 Å². The molecule has 1 N–H and O–H groups in total. The molecule has 1 heterocycles. The van der Waals surface area contributed by atoms with E-state index in [0.717, 1.165) is 49.4 Å². The second-order valence-electron chi connectivity index (χ2n) is 5.39. The molecule has 1 aliphatic heterocycles. The molecule has 0 aromatic heterocycles. The number of nitrogens with one attached hydrogen (secondary N) is 1. The number of amides is 1. The van der Waals surface area contributed by atoms with E-state index in [4.69, 9.17) is 11.6 Å². The van der Waals surface area contributed by atoms with Crippen LogP contribution in [-0.4, -0.2) is 37.0 Å². The van der Waals surface area contributed by atoms with Gasteiger partial charge >= 0.3 is 0 Å². The first-order valence-electron chi connectivity index (χ1n) is 7.40. The highest BCUT2D eigenvalue weighted by molar-refractivity contribution is 6.31. The molecule has 2 rings (SSSR count). The molecule has 0 spiro atoms. The summed E-state index contributed by atoms with van der Waals surface area (Å²) < 4.78 is 0. The third-order valence-corrected chi connectivity index (χ3v) is 4.30. The van der Waals surface area contributed by atoms with Gasteiger partial charge in [-0.15, -0.1) is 0 Å². The van der Waals surface area contributed by atoms with Gasteiger partial charge in [0, 0.05) is 24.0 Å². The Morgan fingerprint density at radius 1 is 1.45 bits per heavy atom. The second-order valence-corrected chi connectivity index (χ2v) is 5.79. The number of likely N-dealkylation sites (tertiary alicyclic amines) is 1. The molecule has 1 aromatic rings. The largest absolute Gasteiger partial charge is 0.339 e. The van der Waals surface area contributed by atoms with Crippen molar-refractivity contribution in [3.05, 3.63) is 34.9 Å². The van der Waals surface area contributed by atoms with E-state index < -0.39 is 0 Å². The Kier molecular flexibility index (Phi) is 5.86. The third kappa shape index (κ3) is 3.97. The van der Waals surface area contributed by atoms with Crippen LogP contribution in [0, 0.1) is 0 Å². The number of halogens is 1. The Balaban J connectivity index is 1.93. The molecule has 1 aromatic carbocycles. The van der Waals surface area contributed by atoms with E-state index in [2.05, 4.69) is 16.3 Å². The van der Waals surface area contributed by atoms with Gasteiger partial charge in [0.2, 0.25) is 5.91 Å². The normalized spacial score (nSPS) is 18.5. The van der Waals surface area contributed by atoms with Crippen molar-refractivity contribution in [2.75, 3.05) is 20.1 Å². The summed E-state index contributed by atoms with van der Waals surface area (Å²) in [4.78, 5) is 14.3. The maximum Gasteiger partial charge on any atom is 0.222 e. The zero-order valence-corrected chi connectivity index (χ0v) is 12.8. The second kappa shape index (κ2) is 7.65. The molecule has 1 saturated heterocycles. The van der Waals surface area contributed by atoms with Gasteiger partial charge < -0.3 is 10.2 Å². The summed E-state index contributed by atoms with van der Waals surface area (Å²) in [5.41, 5.74) is 1.15. The summed E-state index contributed by atoms with van der Waals surface area (Å²) in [6.07, 6.45) is 4.61. The lowest BCUT2D eigenvalue weighted by Gasteiger charge is -2.25. The first-order valence-corrected chi connectivity index (χ1v) is 7.77. The Bertz CT molecular complexity index is 450. The summed E-state index contributed by atoms with van der Waals surface area (Å²) in [5, 5.41) is 3.89. The van der Waals surface area contributed by atoms with Gasteiger partial charge in [-0.25, -0.2) is 0 Å². The van der Waals surface area contributed by atoms with E-state index in [9.17, 15) is 4.79 Å². The van der Waals surface area contributed by atoms with Crippen molar-refractivity contribution in [3.63, 3.8) is 0 Å². The standard InChI is InChI=1S/C16H23ClN2O/c1-18-10-4-9-16(20)19-11-5-7-14(19)12-13-6-2-3-8-15(13)17/h2-3,6,8,14,18H,4-5,7,9-12H2,1H3. The van der Waals surface area contributed by atoms with Crippen LogP contribution in [0.2, 0.25) is 5.02 Å². The minimum absolute atomic E-state index is 0.287. The summed E-state index contributed by atoms with van der Waals surface area (Å²) in [7, 11) is 1.92. The van der Waals surface area contributed by atoms with Crippen LogP contribution < -0.4 is 5.32 Å². The molecule has 110 valence electrons. The van der Waals surface area contributed by atoms with Crippen molar-refractivity contribution >= 4 is 17.5 Å². The van der Waals surface area contributed by atoms with Crippen molar-refractivity contribution < 1.29 is 4.79 Å². The van der Waals surface area contributed by atoms with E-state index in [-0.39, 0.29) is 5.91 Å². The highest BCUT2D eigenvalue weighted by Crippen LogP contribution is 2.25. The minimum Gasteiger partial charge on any atom is -0.339 e. The number of hydrogen-bond donors (Lipinski definition) is 1. The molecule has 1 atom stereocenters. The lowest BCUT2D eigenvalue weighted by Crippen LogP contribution is -2.37. The van der Waals surface area contributed by atoms with E-state index in [1.54, 1.807) is 0 Å². The molecule has 1 unspecified atom stereocenters. The molecule has 1 amide bonds. The van der Waals surface area contributed by atoms with Gasteiger partial charge in [0.15, 0.2) is 0 Å². The molecular formula is C16H23ClN2O. The topological polar surface area (TPSA) is 32.3 Å². The van der Waals surface area contributed by atoms with E-state index in [1.165, 1.54) is 0 Å². The van der Waals surface area contributed by atoms with Crippen molar-refractivity contribution in [1.82, 2.24) is 10.2 Å². The van der Waals surface area contributed by atoms with Crippen LogP contribution in [0.25, 0.3) is 0 Å². The SMILES string of the molecule is CNCCCC(=O)N1CCCC1Cc1ccccc1Cl. The van der Waals surface area contributed by atoms with Crippen molar-refractivity contribution in [3.8, 4) is 0 Å². The van der Waals surface area contributed by atoms with Gasteiger partial charge in [-0.3, -0.25) is 4.79 Å². The Hall–Kier alpha value is -1.06. The fraction of sp³-hybridized carbons (Fsp3) is 0.562. The maximum absolute atomic E-state index is 12.3. The molecule has 0 radical (unpaired) electrons. The third-order valence-electron chi connectivity index (χ3n) is 3.93. The zero-order chi connectivity index (χ0) is 14.4. The lowest BCUT2D eigenvalue weighted by molar-refractivity contribution is -0.132. The van der Waals surface area contributed by atoms with Crippen LogP contribution in [-0.2, 0) is 11.2 Å². The Morgan fingerprint density at radius 3 is 3.00 bits per heavy atom. The van der Waals surface area contributed by atoms with Crippen molar-refractivity contribution in [2.45, 2.75) is 38.1 Å². The zero-order valence-electron chi connectivity index (χ0n) is 12.1. The predicted molar refractivity (Wildman–Crippen MR) is 83.1 cm³/mol. The summed E-state index contributed by atoms with van der Waals surface area (Å²) >= 11 is 6.22. The fourth-order valence-electron chi connectivity index (χ4n) is 2.85. The summed E-state index contributed by atoms with van der Waals surface area (Å²) in [5.74, 6) is 0.287. The highest BCUT2D eigenvalue weighted by atomic mass is 35.5. The average Bonchev–Trinajstić information content (AvgIpc) is 2.90. The summed E-state index contributed by atoms with van der Waals surface area (Å²) in [6.45, 7) is 1.79. The first kappa shape index (κ1) is 15.3. The lowest BCUT2D eigenvalue weighted by atomic mass is 10.0. The molecule has 0 saturated carbocycles. The molecular weight excluding hydrogens is 272 g/mol. The Morgan fingerprint density at radius 2 is 2.25 bits per heavy atom. The van der Waals surface area contributed by atoms with Crippen LogP contribution >= 0.6 is 11.6 Å². The van der Waals surface area contributed by atoms with Gasteiger partial charge in [0.25, 0.3) is 0 Å². The molecule has 1 aliphatic rings. The van der Waals surface area contributed by atoms with E-state index >= 15 is 0 Å². The fourth-order valence-corrected chi connectivity index (χ4v) is 3.07. The molecule has 1 fully saturated rings. The summed E-state index contributed by atoms with van der Waals surface area (Å²) in [6, 6.07) is 8.25. The average molecular weight is 295 g/mol.